The summed E-state index contributed by atoms with van der Waals surface area (Å²) in [6.07, 6.45) is 0. The van der Waals surface area contributed by atoms with Gasteiger partial charge in [-0.25, -0.2) is 0 Å². The molecule has 0 bridgehead atoms. The smallest absolute Gasteiger partial charge is 0.165 e. The van der Waals surface area contributed by atoms with Gasteiger partial charge in [0.2, 0.25) is 0 Å². The van der Waals surface area contributed by atoms with E-state index in [2.05, 4.69) is 26.1 Å². The first-order valence-electron chi connectivity index (χ1n) is 4.53. The van der Waals surface area contributed by atoms with Crippen LogP contribution in [0.4, 0.5) is 0 Å². The van der Waals surface area contributed by atoms with Crippen LogP contribution in [-0.2, 0) is 12.4 Å². The summed E-state index contributed by atoms with van der Waals surface area (Å²) in [7, 11) is 1.89. The summed E-state index contributed by atoms with van der Waals surface area (Å²) >= 11 is 15.4. The minimum absolute atomic E-state index is 0.501. The molecule has 0 atom stereocenters. The van der Waals surface area contributed by atoms with Crippen molar-refractivity contribution in [3.8, 4) is 11.4 Å². The number of aromatic nitrogens is 3. The Morgan fingerprint density at radius 1 is 1.31 bits per heavy atom. The minimum Gasteiger partial charge on any atom is -0.313 e. The van der Waals surface area contributed by atoms with Crippen LogP contribution in [0.15, 0.2) is 18.2 Å². The summed E-state index contributed by atoms with van der Waals surface area (Å²) in [6, 6.07) is 5.46. The van der Waals surface area contributed by atoms with E-state index in [0.29, 0.717) is 21.2 Å². The van der Waals surface area contributed by atoms with E-state index in [1.165, 1.54) is 0 Å². The molecule has 0 unspecified atom stereocenters. The van der Waals surface area contributed by atoms with E-state index >= 15 is 0 Å². The van der Waals surface area contributed by atoms with Crippen LogP contribution >= 0.6 is 39.1 Å². The lowest BCUT2D eigenvalue weighted by Gasteiger charge is -2.05. The number of benzene rings is 1. The summed E-state index contributed by atoms with van der Waals surface area (Å²) in [5.74, 6) is 1.55. The van der Waals surface area contributed by atoms with Crippen molar-refractivity contribution in [3.63, 3.8) is 0 Å². The van der Waals surface area contributed by atoms with Crippen molar-refractivity contribution in [3.05, 3.63) is 34.1 Å². The highest BCUT2D eigenvalue weighted by Crippen LogP contribution is 2.32. The van der Waals surface area contributed by atoms with E-state index in [0.717, 1.165) is 11.4 Å². The first-order valence-corrected chi connectivity index (χ1v) is 6.41. The lowest BCUT2D eigenvalue weighted by molar-refractivity contribution is 0.859. The Hall–Kier alpha value is -0.580. The third-order valence-electron chi connectivity index (χ3n) is 2.28. The zero-order valence-corrected chi connectivity index (χ0v) is 11.5. The fourth-order valence-corrected chi connectivity index (χ4v) is 2.26. The van der Waals surface area contributed by atoms with Crippen LogP contribution < -0.4 is 0 Å². The van der Waals surface area contributed by atoms with Crippen LogP contribution in [0.25, 0.3) is 11.4 Å². The Morgan fingerprint density at radius 2 is 2.06 bits per heavy atom. The molecule has 0 aliphatic heterocycles. The molecule has 2 rings (SSSR count). The lowest BCUT2D eigenvalue weighted by atomic mass is 10.2. The molecule has 3 nitrogen and oxygen atoms in total. The average Bonchev–Trinajstić information content (AvgIpc) is 2.64. The first kappa shape index (κ1) is 11.9. The number of hydrogen-bond acceptors (Lipinski definition) is 2. The Kier molecular flexibility index (Phi) is 3.52. The first-order chi connectivity index (χ1) is 7.65. The lowest BCUT2D eigenvalue weighted by Crippen LogP contribution is -1.97. The molecular weight excluding hydrogens is 313 g/mol. The van der Waals surface area contributed by atoms with E-state index in [4.69, 9.17) is 23.2 Å². The van der Waals surface area contributed by atoms with Crippen LogP contribution in [0.3, 0.4) is 0 Å². The monoisotopic (exact) mass is 319 g/mol. The number of halogens is 3. The van der Waals surface area contributed by atoms with Crippen molar-refractivity contribution in [1.29, 1.82) is 0 Å². The van der Waals surface area contributed by atoms with Crippen molar-refractivity contribution in [1.82, 2.24) is 14.8 Å². The summed E-state index contributed by atoms with van der Waals surface area (Å²) in [4.78, 5) is 0. The van der Waals surface area contributed by atoms with Gasteiger partial charge in [-0.2, -0.15) is 0 Å². The van der Waals surface area contributed by atoms with Gasteiger partial charge in [0.15, 0.2) is 5.82 Å². The number of rotatable bonds is 2. The highest BCUT2D eigenvalue weighted by molar-refractivity contribution is 9.08. The fourth-order valence-electron chi connectivity index (χ4n) is 1.39. The zero-order valence-electron chi connectivity index (χ0n) is 8.41. The van der Waals surface area contributed by atoms with Gasteiger partial charge in [-0.15, -0.1) is 10.2 Å². The summed E-state index contributed by atoms with van der Waals surface area (Å²) < 4.78 is 1.88. The summed E-state index contributed by atoms with van der Waals surface area (Å²) in [5.41, 5.74) is 0.788. The average molecular weight is 321 g/mol. The standard InChI is InChI=1S/C10H8BrCl2N3/c1-16-8(5-11)14-15-10(16)6-3-2-4-7(12)9(6)13/h2-4H,5H2,1H3. The van der Waals surface area contributed by atoms with Crippen molar-refractivity contribution in [2.24, 2.45) is 7.05 Å². The predicted octanol–water partition coefficient (Wildman–Crippen LogP) is 3.68. The second-order valence-electron chi connectivity index (χ2n) is 3.23. The van der Waals surface area contributed by atoms with Gasteiger partial charge in [-0.3, -0.25) is 0 Å². The molecule has 2 aromatic rings. The van der Waals surface area contributed by atoms with Crippen LogP contribution in [0.2, 0.25) is 10.0 Å². The Bertz CT molecular complexity index is 525. The molecule has 0 fully saturated rings. The Morgan fingerprint density at radius 3 is 2.69 bits per heavy atom. The van der Waals surface area contributed by atoms with Crippen LogP contribution in [0.5, 0.6) is 0 Å². The molecule has 84 valence electrons. The molecule has 0 aliphatic carbocycles. The molecule has 0 amide bonds. The SMILES string of the molecule is Cn1c(CBr)nnc1-c1cccc(Cl)c1Cl. The number of alkyl halides is 1. The van der Waals surface area contributed by atoms with Crippen molar-refractivity contribution in [2.45, 2.75) is 5.33 Å². The van der Waals surface area contributed by atoms with Crippen molar-refractivity contribution in [2.75, 3.05) is 0 Å². The normalized spacial score (nSPS) is 10.8. The minimum atomic E-state index is 0.501. The molecule has 0 aliphatic rings. The van der Waals surface area contributed by atoms with Gasteiger partial charge in [-0.05, 0) is 12.1 Å². The predicted molar refractivity (Wildman–Crippen MR) is 69.1 cm³/mol. The molecule has 1 aromatic carbocycles. The van der Waals surface area contributed by atoms with E-state index in [1.807, 2.05) is 23.7 Å². The van der Waals surface area contributed by atoms with Crippen LogP contribution in [0, 0.1) is 0 Å². The van der Waals surface area contributed by atoms with Gasteiger partial charge in [-0.1, -0.05) is 45.2 Å². The van der Waals surface area contributed by atoms with Crippen LogP contribution in [0.1, 0.15) is 5.82 Å². The fraction of sp³-hybridized carbons (Fsp3) is 0.200. The molecule has 6 heteroatoms. The van der Waals surface area contributed by atoms with Gasteiger partial charge in [0.05, 0.1) is 15.4 Å². The molecule has 1 aromatic heterocycles. The van der Waals surface area contributed by atoms with Gasteiger partial charge in [0.1, 0.15) is 5.82 Å². The third kappa shape index (κ3) is 1.97. The van der Waals surface area contributed by atoms with Gasteiger partial charge in [0, 0.05) is 12.6 Å². The molecular formula is C10H8BrCl2N3. The maximum absolute atomic E-state index is 6.13. The van der Waals surface area contributed by atoms with Crippen molar-refractivity contribution >= 4 is 39.1 Å². The largest absolute Gasteiger partial charge is 0.313 e. The second-order valence-corrected chi connectivity index (χ2v) is 4.58. The Balaban J connectivity index is 2.59. The molecule has 16 heavy (non-hydrogen) atoms. The van der Waals surface area contributed by atoms with E-state index in [1.54, 1.807) is 6.07 Å². The topological polar surface area (TPSA) is 30.7 Å². The second kappa shape index (κ2) is 4.73. The molecule has 1 heterocycles. The van der Waals surface area contributed by atoms with E-state index < -0.39 is 0 Å². The Labute approximate surface area is 112 Å². The van der Waals surface area contributed by atoms with Gasteiger partial charge >= 0.3 is 0 Å². The highest BCUT2D eigenvalue weighted by Gasteiger charge is 2.14. The zero-order chi connectivity index (χ0) is 11.7. The summed E-state index contributed by atoms with van der Waals surface area (Å²) in [6.45, 7) is 0. The van der Waals surface area contributed by atoms with Gasteiger partial charge in [0.25, 0.3) is 0 Å². The molecule has 0 radical (unpaired) electrons. The molecule has 0 spiro atoms. The molecule has 0 saturated carbocycles. The van der Waals surface area contributed by atoms with Crippen molar-refractivity contribution < 1.29 is 0 Å². The molecule has 0 N–H and O–H groups in total. The highest BCUT2D eigenvalue weighted by atomic mass is 79.9. The van der Waals surface area contributed by atoms with E-state index in [-0.39, 0.29) is 0 Å². The van der Waals surface area contributed by atoms with Gasteiger partial charge < -0.3 is 4.57 Å². The number of nitrogens with zero attached hydrogens (tertiary/aromatic N) is 3. The third-order valence-corrected chi connectivity index (χ3v) is 3.60. The number of hydrogen-bond donors (Lipinski definition) is 0. The quantitative estimate of drug-likeness (QED) is 0.790. The van der Waals surface area contributed by atoms with E-state index in [9.17, 15) is 0 Å². The maximum atomic E-state index is 6.13. The van der Waals surface area contributed by atoms with Crippen LogP contribution in [-0.4, -0.2) is 14.8 Å². The molecule has 0 saturated heterocycles. The summed E-state index contributed by atoms with van der Waals surface area (Å²) in [5, 5.41) is 9.81. The maximum Gasteiger partial charge on any atom is 0.165 e.